The summed E-state index contributed by atoms with van der Waals surface area (Å²) >= 11 is 9.48. The van der Waals surface area contributed by atoms with Crippen LogP contribution in [-0.2, 0) is 6.61 Å². The minimum atomic E-state index is 0.182. The molecule has 3 rings (SSSR count). The molecule has 0 saturated heterocycles. The second kappa shape index (κ2) is 8.27. The lowest BCUT2D eigenvalue weighted by Crippen LogP contribution is -2.04. The van der Waals surface area contributed by atoms with E-state index in [9.17, 15) is 5.11 Å². The molecule has 0 spiro atoms. The van der Waals surface area contributed by atoms with Crippen molar-refractivity contribution in [3.63, 3.8) is 0 Å². The monoisotopic (exact) mass is 578 g/mol. The van der Waals surface area contributed by atoms with Crippen LogP contribution in [0.15, 0.2) is 47.6 Å². The number of phenolic OH excluding ortho intramolecular Hbond substituents is 1. The second-order valence-corrected chi connectivity index (χ2v) is 7.72. The van der Waals surface area contributed by atoms with E-state index in [0.717, 1.165) is 12.9 Å². The summed E-state index contributed by atoms with van der Waals surface area (Å²) in [6.07, 6.45) is 1.55. The number of aromatic hydroxyl groups is 1. The fourth-order valence-corrected chi connectivity index (χ4v) is 4.09. The van der Waals surface area contributed by atoms with Crippen molar-refractivity contribution in [1.82, 2.24) is 14.9 Å². The van der Waals surface area contributed by atoms with Crippen LogP contribution in [0.2, 0.25) is 0 Å². The maximum Gasteiger partial charge on any atom is 0.216 e. The Morgan fingerprint density at radius 1 is 1.28 bits per heavy atom. The van der Waals surface area contributed by atoms with E-state index in [4.69, 9.17) is 17.0 Å². The summed E-state index contributed by atoms with van der Waals surface area (Å²) in [6, 6.07) is 13.2. The quantitative estimate of drug-likeness (QED) is 0.269. The van der Waals surface area contributed by atoms with Crippen molar-refractivity contribution >= 4 is 63.6 Å². The Balaban J connectivity index is 1.84. The van der Waals surface area contributed by atoms with E-state index < -0.39 is 0 Å². The van der Waals surface area contributed by atoms with Crippen LogP contribution in [-0.4, -0.2) is 26.2 Å². The molecule has 0 amide bonds. The lowest BCUT2D eigenvalue weighted by atomic mass is 10.2. The number of aromatic nitrogens is 3. The van der Waals surface area contributed by atoms with Gasteiger partial charge in [-0.2, -0.15) is 14.9 Å². The molecule has 128 valence electrons. The second-order valence-electron chi connectivity index (χ2n) is 4.93. The largest absolute Gasteiger partial charge is 0.506 e. The lowest BCUT2D eigenvalue weighted by Gasteiger charge is -2.05. The fourth-order valence-electron chi connectivity index (χ4n) is 2.01. The summed E-state index contributed by atoms with van der Waals surface area (Å²) in [4.78, 5) is 0. The first-order chi connectivity index (χ1) is 12.0. The molecule has 2 aromatic carbocycles. The summed E-state index contributed by atoms with van der Waals surface area (Å²) in [6.45, 7) is 0.213. The molecule has 6 nitrogen and oxygen atoms in total. The normalized spacial score (nSPS) is 11.1. The van der Waals surface area contributed by atoms with E-state index in [1.807, 2.05) is 42.5 Å². The maximum absolute atomic E-state index is 10.2. The number of rotatable bonds is 5. The van der Waals surface area contributed by atoms with Gasteiger partial charge in [0.15, 0.2) is 5.82 Å². The van der Waals surface area contributed by atoms with Crippen molar-refractivity contribution in [2.24, 2.45) is 5.10 Å². The Morgan fingerprint density at radius 2 is 2.04 bits per heavy atom. The zero-order valence-electron chi connectivity index (χ0n) is 12.7. The number of hydrogen-bond donors (Lipinski definition) is 2. The van der Waals surface area contributed by atoms with E-state index in [0.29, 0.717) is 16.2 Å². The number of ether oxygens (including phenoxy) is 1. The van der Waals surface area contributed by atoms with E-state index in [-0.39, 0.29) is 12.4 Å². The van der Waals surface area contributed by atoms with Gasteiger partial charge in [-0.3, -0.25) is 0 Å². The lowest BCUT2D eigenvalue weighted by molar-refractivity contribution is 0.290. The minimum absolute atomic E-state index is 0.182. The highest BCUT2D eigenvalue weighted by Crippen LogP contribution is 2.25. The molecular weight excluding hydrogens is 566 g/mol. The van der Waals surface area contributed by atoms with Gasteiger partial charge in [0.05, 0.1) is 9.78 Å². The molecule has 0 aliphatic heterocycles. The molecule has 25 heavy (non-hydrogen) atoms. The third-order valence-electron chi connectivity index (χ3n) is 3.20. The van der Waals surface area contributed by atoms with Crippen LogP contribution in [0.1, 0.15) is 11.4 Å². The van der Waals surface area contributed by atoms with Crippen molar-refractivity contribution in [2.45, 2.75) is 6.61 Å². The zero-order chi connectivity index (χ0) is 17.8. The molecule has 0 aliphatic rings. The van der Waals surface area contributed by atoms with E-state index in [2.05, 4.69) is 60.5 Å². The minimum Gasteiger partial charge on any atom is -0.506 e. The van der Waals surface area contributed by atoms with Gasteiger partial charge in [-0.25, -0.2) is 5.10 Å². The third-order valence-corrected chi connectivity index (χ3v) is 4.91. The molecule has 1 aromatic heterocycles. The van der Waals surface area contributed by atoms with Gasteiger partial charge in [-0.1, -0.05) is 18.2 Å². The van der Waals surface area contributed by atoms with Crippen molar-refractivity contribution in [3.05, 3.63) is 65.8 Å². The maximum atomic E-state index is 10.2. The van der Waals surface area contributed by atoms with Crippen LogP contribution in [0.25, 0.3) is 0 Å². The van der Waals surface area contributed by atoms with Gasteiger partial charge in [-0.15, -0.1) is 0 Å². The summed E-state index contributed by atoms with van der Waals surface area (Å²) in [5, 5.41) is 21.3. The third kappa shape index (κ3) is 4.58. The Labute approximate surface area is 176 Å². The topological polar surface area (TPSA) is 75.4 Å². The number of para-hydroxylation sites is 1. The first-order valence-electron chi connectivity index (χ1n) is 7.11. The Kier molecular flexibility index (Phi) is 6.06. The van der Waals surface area contributed by atoms with Crippen molar-refractivity contribution < 1.29 is 9.84 Å². The molecular formula is C16H12I2N4O2S. The highest BCUT2D eigenvalue weighted by molar-refractivity contribution is 14.1. The standard InChI is InChI=1S/C16H12I2N4O2S/c17-11-6-10(15(23)13(18)7-11)8-19-22-14(20-21-16(22)25)9-24-12-4-2-1-3-5-12/h1-8,23H,9H2,(H,21,25)/b19-8-. The predicted molar refractivity (Wildman–Crippen MR) is 115 cm³/mol. The van der Waals surface area contributed by atoms with E-state index >= 15 is 0 Å². The molecule has 0 aliphatic carbocycles. The molecule has 0 radical (unpaired) electrons. The van der Waals surface area contributed by atoms with Crippen molar-refractivity contribution in [1.29, 1.82) is 0 Å². The predicted octanol–water partition coefficient (Wildman–Crippen LogP) is 4.32. The van der Waals surface area contributed by atoms with Gasteiger partial charge in [0.25, 0.3) is 0 Å². The Hall–Kier alpha value is -1.47. The van der Waals surface area contributed by atoms with Crippen LogP contribution >= 0.6 is 57.4 Å². The molecule has 0 fully saturated rings. The van der Waals surface area contributed by atoms with Crippen LogP contribution < -0.4 is 4.74 Å². The number of nitrogens with zero attached hydrogens (tertiary/aromatic N) is 3. The number of halogens is 2. The molecule has 2 N–H and O–H groups in total. The van der Waals surface area contributed by atoms with Gasteiger partial charge in [-0.05, 0) is 81.7 Å². The highest BCUT2D eigenvalue weighted by atomic mass is 127. The van der Waals surface area contributed by atoms with Gasteiger partial charge in [0.2, 0.25) is 4.77 Å². The van der Waals surface area contributed by atoms with Crippen LogP contribution in [0.5, 0.6) is 11.5 Å². The van der Waals surface area contributed by atoms with Crippen molar-refractivity contribution in [2.75, 3.05) is 0 Å². The molecule has 9 heteroatoms. The summed E-state index contributed by atoms with van der Waals surface area (Å²) in [5.74, 6) is 1.45. The molecule has 0 bridgehead atoms. The number of H-pyrrole nitrogens is 1. The van der Waals surface area contributed by atoms with Gasteiger partial charge in [0, 0.05) is 9.13 Å². The summed E-state index contributed by atoms with van der Waals surface area (Å²) in [7, 11) is 0. The number of hydrogen-bond acceptors (Lipinski definition) is 5. The average Bonchev–Trinajstić information content (AvgIpc) is 2.96. The van der Waals surface area contributed by atoms with Gasteiger partial charge < -0.3 is 9.84 Å². The van der Waals surface area contributed by atoms with Crippen LogP contribution in [0, 0.1) is 11.9 Å². The van der Waals surface area contributed by atoms with Crippen molar-refractivity contribution in [3.8, 4) is 11.5 Å². The first-order valence-corrected chi connectivity index (χ1v) is 9.67. The molecule has 0 atom stereocenters. The van der Waals surface area contributed by atoms with E-state index in [1.54, 1.807) is 6.21 Å². The Morgan fingerprint density at radius 3 is 2.80 bits per heavy atom. The fraction of sp³-hybridized carbons (Fsp3) is 0.0625. The molecule has 1 heterocycles. The van der Waals surface area contributed by atoms with E-state index in [1.165, 1.54) is 4.68 Å². The molecule has 0 unspecified atom stereocenters. The van der Waals surface area contributed by atoms with Gasteiger partial charge in [0.1, 0.15) is 18.1 Å². The smallest absolute Gasteiger partial charge is 0.216 e. The van der Waals surface area contributed by atoms with Crippen LogP contribution in [0.4, 0.5) is 0 Å². The highest BCUT2D eigenvalue weighted by Gasteiger charge is 2.08. The zero-order valence-corrected chi connectivity index (χ0v) is 17.8. The number of benzene rings is 2. The Bertz CT molecular complexity index is 970. The number of phenols is 1. The van der Waals surface area contributed by atoms with Crippen LogP contribution in [0.3, 0.4) is 0 Å². The molecule has 3 aromatic rings. The average molecular weight is 578 g/mol. The summed E-state index contributed by atoms with van der Waals surface area (Å²) in [5.41, 5.74) is 0.606. The first kappa shape index (κ1) is 18.3. The summed E-state index contributed by atoms with van der Waals surface area (Å²) < 4.78 is 9.27. The van der Waals surface area contributed by atoms with Gasteiger partial charge >= 0.3 is 0 Å². The SMILES string of the molecule is Oc1c(I)cc(I)cc1/C=N\n1c(COc2ccccc2)n[nH]c1=S. The number of aromatic amines is 1. The number of nitrogens with one attached hydrogen (secondary N) is 1. The molecule has 0 saturated carbocycles.